The van der Waals surface area contributed by atoms with Crippen molar-refractivity contribution < 1.29 is 17.9 Å². The number of amides is 1. The highest BCUT2D eigenvalue weighted by molar-refractivity contribution is 7.89. The van der Waals surface area contributed by atoms with Gasteiger partial charge in [0.25, 0.3) is 5.91 Å². The fourth-order valence-electron chi connectivity index (χ4n) is 4.34. The minimum Gasteiger partial charge on any atom is -0.379 e. The Morgan fingerprint density at radius 3 is 2.60 bits per heavy atom. The van der Waals surface area contributed by atoms with Gasteiger partial charge in [0.15, 0.2) is 0 Å². The first-order valence-electron chi connectivity index (χ1n) is 10.4. The molecule has 4 rings (SSSR count). The molecule has 30 heavy (non-hydrogen) atoms. The normalized spacial score (nSPS) is 21.6. The van der Waals surface area contributed by atoms with Crippen molar-refractivity contribution in [3.63, 3.8) is 0 Å². The Balaban J connectivity index is 1.56. The summed E-state index contributed by atoms with van der Waals surface area (Å²) in [5, 5.41) is 3.12. The molecule has 0 aromatic heterocycles. The van der Waals surface area contributed by atoms with E-state index in [0.717, 1.165) is 18.4 Å². The van der Waals surface area contributed by atoms with E-state index >= 15 is 0 Å². The summed E-state index contributed by atoms with van der Waals surface area (Å²) in [6, 6.07) is 14.4. The van der Waals surface area contributed by atoms with Crippen molar-refractivity contribution in [1.29, 1.82) is 0 Å². The average molecular weight is 429 g/mol. The van der Waals surface area contributed by atoms with E-state index in [4.69, 9.17) is 4.74 Å². The van der Waals surface area contributed by atoms with Gasteiger partial charge in [-0.2, -0.15) is 4.31 Å². The molecule has 160 valence electrons. The highest BCUT2D eigenvalue weighted by Gasteiger charge is 2.33. The Morgan fingerprint density at radius 1 is 1.10 bits per heavy atom. The van der Waals surface area contributed by atoms with Gasteiger partial charge in [0, 0.05) is 18.7 Å². The number of hydrogen-bond donors (Lipinski definition) is 1. The van der Waals surface area contributed by atoms with Gasteiger partial charge in [-0.05, 0) is 47.6 Å². The average Bonchev–Trinajstić information content (AvgIpc) is 2.76. The summed E-state index contributed by atoms with van der Waals surface area (Å²) in [6.07, 6.45) is 1.82. The predicted molar refractivity (Wildman–Crippen MR) is 115 cm³/mol. The van der Waals surface area contributed by atoms with Crippen LogP contribution in [0.25, 0.3) is 0 Å². The smallest absolute Gasteiger partial charge is 0.251 e. The SMILES string of the molecule is CC1(C)CCC(NC(=O)c2cccc(S(=O)(=O)N3CCOCC3)c2)c2ccccc21. The lowest BCUT2D eigenvalue weighted by Gasteiger charge is -2.37. The quantitative estimate of drug-likeness (QED) is 0.811. The summed E-state index contributed by atoms with van der Waals surface area (Å²) in [4.78, 5) is 13.1. The Morgan fingerprint density at radius 2 is 1.83 bits per heavy atom. The molecule has 1 aliphatic carbocycles. The molecule has 0 saturated carbocycles. The Kier molecular flexibility index (Phi) is 5.70. The fourth-order valence-corrected chi connectivity index (χ4v) is 5.79. The number of nitrogens with zero attached hydrogens (tertiary/aromatic N) is 1. The molecule has 0 bridgehead atoms. The molecule has 1 N–H and O–H groups in total. The number of fused-ring (bicyclic) bond motifs is 1. The Labute approximate surface area is 178 Å². The van der Waals surface area contributed by atoms with Gasteiger partial charge < -0.3 is 10.1 Å². The number of carbonyl (C=O) groups is 1. The van der Waals surface area contributed by atoms with E-state index in [1.54, 1.807) is 18.2 Å². The van der Waals surface area contributed by atoms with Crippen LogP contribution < -0.4 is 5.32 Å². The second kappa shape index (κ2) is 8.13. The molecule has 0 radical (unpaired) electrons. The van der Waals surface area contributed by atoms with Gasteiger partial charge in [-0.25, -0.2) is 8.42 Å². The lowest BCUT2D eigenvalue weighted by Crippen LogP contribution is -2.40. The van der Waals surface area contributed by atoms with E-state index in [-0.39, 0.29) is 22.3 Å². The molecule has 2 aromatic carbocycles. The lowest BCUT2D eigenvalue weighted by molar-refractivity contribution is 0.0730. The Bertz CT molecular complexity index is 1040. The number of rotatable bonds is 4. The van der Waals surface area contributed by atoms with Gasteiger partial charge in [-0.15, -0.1) is 0 Å². The minimum absolute atomic E-state index is 0.0734. The molecule has 1 fully saturated rings. The molecule has 1 unspecified atom stereocenters. The number of carbonyl (C=O) groups excluding carboxylic acids is 1. The maximum atomic E-state index is 13.0. The third-order valence-corrected chi connectivity index (χ3v) is 8.03. The van der Waals surface area contributed by atoms with Crippen LogP contribution in [-0.4, -0.2) is 44.9 Å². The van der Waals surface area contributed by atoms with E-state index in [0.29, 0.717) is 31.9 Å². The van der Waals surface area contributed by atoms with Gasteiger partial charge in [-0.3, -0.25) is 4.79 Å². The molecular weight excluding hydrogens is 400 g/mol. The molecule has 1 atom stereocenters. The molecule has 0 spiro atoms. The van der Waals surface area contributed by atoms with Gasteiger partial charge in [0.05, 0.1) is 24.2 Å². The van der Waals surface area contributed by atoms with Crippen molar-refractivity contribution in [2.24, 2.45) is 0 Å². The minimum atomic E-state index is -3.64. The standard InChI is InChI=1S/C23H28N2O4S/c1-23(2)11-10-21(19-8-3-4-9-20(19)23)24-22(26)17-6-5-7-18(16-17)30(27,28)25-12-14-29-15-13-25/h3-9,16,21H,10-15H2,1-2H3,(H,24,26). The van der Waals surface area contributed by atoms with Crippen molar-refractivity contribution in [2.45, 2.75) is 43.0 Å². The maximum absolute atomic E-state index is 13.0. The molecule has 2 aromatic rings. The van der Waals surface area contributed by atoms with Crippen LogP contribution in [0, 0.1) is 0 Å². The molecule has 7 heteroatoms. The van der Waals surface area contributed by atoms with Gasteiger partial charge in [0.2, 0.25) is 10.0 Å². The van der Waals surface area contributed by atoms with Crippen LogP contribution in [0.5, 0.6) is 0 Å². The molecule has 1 saturated heterocycles. The van der Waals surface area contributed by atoms with Crippen LogP contribution in [0.4, 0.5) is 0 Å². The molecular formula is C23H28N2O4S. The van der Waals surface area contributed by atoms with Crippen LogP contribution in [-0.2, 0) is 20.2 Å². The number of morpholine rings is 1. The summed E-state index contributed by atoms with van der Waals surface area (Å²) in [5.41, 5.74) is 2.82. The van der Waals surface area contributed by atoms with Crippen LogP contribution >= 0.6 is 0 Å². The second-order valence-corrected chi connectivity index (χ2v) is 10.5. The lowest BCUT2D eigenvalue weighted by atomic mass is 9.71. The number of benzene rings is 2. The fraction of sp³-hybridized carbons (Fsp3) is 0.435. The summed E-state index contributed by atoms with van der Waals surface area (Å²) < 4.78 is 32.5. The van der Waals surface area contributed by atoms with E-state index in [9.17, 15) is 13.2 Å². The molecule has 1 aliphatic heterocycles. The van der Waals surface area contributed by atoms with Crippen LogP contribution in [0.1, 0.15) is 54.2 Å². The molecule has 2 aliphatic rings. The van der Waals surface area contributed by atoms with Crippen molar-refractivity contribution in [2.75, 3.05) is 26.3 Å². The van der Waals surface area contributed by atoms with Gasteiger partial charge in [-0.1, -0.05) is 44.2 Å². The van der Waals surface area contributed by atoms with E-state index in [1.165, 1.54) is 15.9 Å². The predicted octanol–water partition coefficient (Wildman–Crippen LogP) is 3.25. The van der Waals surface area contributed by atoms with Crippen molar-refractivity contribution in [3.05, 3.63) is 65.2 Å². The number of ether oxygens (including phenoxy) is 1. The van der Waals surface area contributed by atoms with Crippen molar-refractivity contribution in [3.8, 4) is 0 Å². The molecule has 1 heterocycles. The van der Waals surface area contributed by atoms with Crippen LogP contribution in [0.15, 0.2) is 53.4 Å². The number of hydrogen-bond acceptors (Lipinski definition) is 4. The van der Waals surface area contributed by atoms with E-state index in [2.05, 4.69) is 31.3 Å². The first-order chi connectivity index (χ1) is 14.3. The monoisotopic (exact) mass is 428 g/mol. The second-order valence-electron chi connectivity index (χ2n) is 8.58. The van der Waals surface area contributed by atoms with E-state index in [1.807, 2.05) is 12.1 Å². The van der Waals surface area contributed by atoms with Crippen LogP contribution in [0.3, 0.4) is 0 Å². The van der Waals surface area contributed by atoms with Crippen molar-refractivity contribution in [1.82, 2.24) is 9.62 Å². The zero-order chi connectivity index (χ0) is 21.4. The van der Waals surface area contributed by atoms with Crippen LogP contribution in [0.2, 0.25) is 0 Å². The van der Waals surface area contributed by atoms with Gasteiger partial charge >= 0.3 is 0 Å². The third-order valence-electron chi connectivity index (χ3n) is 6.13. The number of sulfonamides is 1. The summed E-state index contributed by atoms with van der Waals surface area (Å²) in [6.45, 7) is 5.88. The topological polar surface area (TPSA) is 75.7 Å². The number of nitrogens with one attached hydrogen (secondary N) is 1. The Hall–Kier alpha value is -2.22. The van der Waals surface area contributed by atoms with E-state index < -0.39 is 10.0 Å². The largest absolute Gasteiger partial charge is 0.379 e. The van der Waals surface area contributed by atoms with Crippen molar-refractivity contribution >= 4 is 15.9 Å². The zero-order valence-electron chi connectivity index (χ0n) is 17.4. The zero-order valence-corrected chi connectivity index (χ0v) is 18.2. The summed E-state index contributed by atoms with van der Waals surface area (Å²) in [7, 11) is -3.64. The highest BCUT2D eigenvalue weighted by Crippen LogP contribution is 2.41. The maximum Gasteiger partial charge on any atom is 0.251 e. The van der Waals surface area contributed by atoms with Gasteiger partial charge in [0.1, 0.15) is 0 Å². The first kappa shape index (κ1) is 21.0. The highest BCUT2D eigenvalue weighted by atomic mass is 32.2. The summed E-state index contributed by atoms with van der Waals surface area (Å²) in [5.74, 6) is -0.256. The third kappa shape index (κ3) is 4.02. The molecule has 6 nitrogen and oxygen atoms in total. The summed E-state index contributed by atoms with van der Waals surface area (Å²) >= 11 is 0. The molecule has 1 amide bonds. The first-order valence-corrected chi connectivity index (χ1v) is 11.8.